The maximum Gasteiger partial charge on any atom is 0.324 e. The number of nitrogens with two attached hydrogens (primary N) is 1. The van der Waals surface area contributed by atoms with Crippen LogP contribution in [0.25, 0.3) is 0 Å². The summed E-state index contributed by atoms with van der Waals surface area (Å²) in [6.45, 7) is 0. The van der Waals surface area contributed by atoms with Gasteiger partial charge in [0.05, 0.1) is 0 Å². The van der Waals surface area contributed by atoms with Crippen LogP contribution in [-0.2, 0) is 4.79 Å². The van der Waals surface area contributed by atoms with E-state index in [2.05, 4.69) is 0 Å². The minimum absolute atomic E-state index is 0.0452. The Labute approximate surface area is 88.9 Å². The molecule has 1 aromatic carbocycles. The van der Waals surface area contributed by atoms with E-state index in [9.17, 15) is 9.90 Å². The zero-order chi connectivity index (χ0) is 10.9. The summed E-state index contributed by atoms with van der Waals surface area (Å²) in [6, 6.07) is 9.70. The molecule has 15 heavy (non-hydrogen) atoms. The van der Waals surface area contributed by atoms with Crippen molar-refractivity contribution in [3.8, 4) is 0 Å². The molecule has 0 unspecified atom stereocenters. The lowest BCUT2D eigenvalue weighted by molar-refractivity contribution is -0.143. The van der Waals surface area contributed by atoms with Gasteiger partial charge in [-0.05, 0) is 18.4 Å². The van der Waals surface area contributed by atoms with E-state index in [1.54, 1.807) is 0 Å². The van der Waals surface area contributed by atoms with Crippen LogP contribution >= 0.6 is 0 Å². The van der Waals surface area contributed by atoms with Crippen molar-refractivity contribution in [3.63, 3.8) is 0 Å². The van der Waals surface area contributed by atoms with E-state index in [0.29, 0.717) is 6.42 Å². The van der Waals surface area contributed by atoms with E-state index >= 15 is 0 Å². The Kier molecular flexibility index (Phi) is 2.49. The molecule has 0 amide bonds. The van der Waals surface area contributed by atoms with Crippen molar-refractivity contribution in [3.05, 3.63) is 35.9 Å². The first kappa shape index (κ1) is 10.2. The van der Waals surface area contributed by atoms with Gasteiger partial charge in [0.1, 0.15) is 5.54 Å². The van der Waals surface area contributed by atoms with Crippen LogP contribution in [-0.4, -0.2) is 16.6 Å². The van der Waals surface area contributed by atoms with Gasteiger partial charge >= 0.3 is 5.97 Å². The summed E-state index contributed by atoms with van der Waals surface area (Å²) < 4.78 is 0. The Hall–Kier alpha value is -1.35. The van der Waals surface area contributed by atoms with E-state index in [1.165, 1.54) is 0 Å². The highest BCUT2D eigenvalue weighted by atomic mass is 16.4. The van der Waals surface area contributed by atoms with Crippen molar-refractivity contribution in [1.29, 1.82) is 0 Å². The fraction of sp³-hybridized carbons (Fsp3) is 0.417. The number of carboxylic acid groups (broad SMARTS) is 1. The molecule has 2 rings (SSSR count). The molecule has 1 saturated carbocycles. The number of hydrogen-bond acceptors (Lipinski definition) is 2. The van der Waals surface area contributed by atoms with Crippen LogP contribution in [0.5, 0.6) is 0 Å². The molecular formula is C12H15NO2. The summed E-state index contributed by atoms with van der Waals surface area (Å²) in [5.41, 5.74) is 5.95. The fourth-order valence-electron chi connectivity index (χ4n) is 2.44. The van der Waals surface area contributed by atoms with E-state index in [-0.39, 0.29) is 5.92 Å². The lowest BCUT2D eigenvalue weighted by Gasteiger charge is -2.27. The lowest BCUT2D eigenvalue weighted by atomic mass is 9.83. The Bertz CT molecular complexity index is 363. The van der Waals surface area contributed by atoms with Crippen LogP contribution in [0.2, 0.25) is 0 Å². The molecule has 0 radical (unpaired) electrons. The Morgan fingerprint density at radius 3 is 2.67 bits per heavy atom. The molecule has 0 saturated heterocycles. The van der Waals surface area contributed by atoms with Crippen LogP contribution in [0.15, 0.2) is 30.3 Å². The topological polar surface area (TPSA) is 63.3 Å². The van der Waals surface area contributed by atoms with Crippen molar-refractivity contribution < 1.29 is 9.90 Å². The van der Waals surface area contributed by atoms with Crippen molar-refractivity contribution in [1.82, 2.24) is 0 Å². The van der Waals surface area contributed by atoms with Crippen LogP contribution in [0.3, 0.4) is 0 Å². The molecule has 3 N–H and O–H groups in total. The quantitative estimate of drug-likeness (QED) is 0.773. The first-order chi connectivity index (χ1) is 7.14. The van der Waals surface area contributed by atoms with Crippen molar-refractivity contribution in [2.45, 2.75) is 30.7 Å². The third kappa shape index (κ3) is 1.63. The van der Waals surface area contributed by atoms with Gasteiger partial charge in [0.2, 0.25) is 0 Å². The molecule has 80 valence electrons. The average Bonchev–Trinajstić information content (AvgIpc) is 2.63. The number of hydrogen-bond donors (Lipinski definition) is 2. The summed E-state index contributed by atoms with van der Waals surface area (Å²) in [7, 11) is 0. The standard InChI is InChI=1S/C12H15NO2/c13-12(11(14)15)8-4-7-10(12)9-5-2-1-3-6-9/h1-3,5-6,10H,4,7-8,13H2,(H,14,15)/t10-,12-/m0/s1. The minimum Gasteiger partial charge on any atom is -0.480 e. The highest BCUT2D eigenvalue weighted by molar-refractivity contribution is 5.80. The second-order valence-corrected chi connectivity index (χ2v) is 4.20. The van der Waals surface area contributed by atoms with Gasteiger partial charge in [0, 0.05) is 5.92 Å². The SMILES string of the molecule is N[C@@]1(C(=O)O)CCC[C@H]1c1ccccc1. The predicted molar refractivity (Wildman–Crippen MR) is 57.6 cm³/mol. The summed E-state index contributed by atoms with van der Waals surface area (Å²) in [6.07, 6.45) is 2.33. The van der Waals surface area contributed by atoms with Crippen LogP contribution in [0, 0.1) is 0 Å². The maximum atomic E-state index is 11.2. The molecule has 0 bridgehead atoms. The summed E-state index contributed by atoms with van der Waals surface area (Å²) >= 11 is 0. The van der Waals surface area contributed by atoms with Gasteiger partial charge < -0.3 is 10.8 Å². The van der Waals surface area contributed by atoms with E-state index < -0.39 is 11.5 Å². The molecular weight excluding hydrogens is 190 g/mol. The van der Waals surface area contributed by atoms with Gasteiger partial charge in [-0.1, -0.05) is 36.8 Å². The highest BCUT2D eigenvalue weighted by Gasteiger charge is 2.46. The zero-order valence-corrected chi connectivity index (χ0v) is 8.52. The third-order valence-electron chi connectivity index (χ3n) is 3.31. The molecule has 1 fully saturated rings. The molecule has 0 aromatic heterocycles. The van der Waals surface area contributed by atoms with Crippen LogP contribution in [0.1, 0.15) is 30.7 Å². The number of benzene rings is 1. The second-order valence-electron chi connectivity index (χ2n) is 4.20. The number of carbonyl (C=O) groups is 1. The molecule has 1 aromatic rings. The van der Waals surface area contributed by atoms with Crippen molar-refractivity contribution in [2.24, 2.45) is 5.73 Å². The van der Waals surface area contributed by atoms with Gasteiger partial charge in [-0.2, -0.15) is 0 Å². The Balaban J connectivity index is 2.34. The molecule has 0 heterocycles. The van der Waals surface area contributed by atoms with Crippen molar-refractivity contribution >= 4 is 5.97 Å². The lowest BCUT2D eigenvalue weighted by Crippen LogP contribution is -2.49. The van der Waals surface area contributed by atoms with Gasteiger partial charge in [0.25, 0.3) is 0 Å². The first-order valence-electron chi connectivity index (χ1n) is 5.22. The monoisotopic (exact) mass is 205 g/mol. The molecule has 1 aliphatic rings. The smallest absolute Gasteiger partial charge is 0.324 e. The number of carboxylic acids is 1. The van der Waals surface area contributed by atoms with Crippen LogP contribution in [0.4, 0.5) is 0 Å². The van der Waals surface area contributed by atoms with Crippen molar-refractivity contribution in [2.75, 3.05) is 0 Å². The first-order valence-corrected chi connectivity index (χ1v) is 5.22. The fourth-order valence-corrected chi connectivity index (χ4v) is 2.44. The molecule has 0 aliphatic heterocycles. The van der Waals surface area contributed by atoms with Crippen LogP contribution < -0.4 is 5.73 Å². The average molecular weight is 205 g/mol. The Morgan fingerprint density at radius 1 is 1.40 bits per heavy atom. The summed E-state index contributed by atoms with van der Waals surface area (Å²) in [5.74, 6) is -0.926. The zero-order valence-electron chi connectivity index (χ0n) is 8.52. The second kappa shape index (κ2) is 3.66. The number of aliphatic carboxylic acids is 1. The molecule has 0 spiro atoms. The Morgan fingerprint density at radius 2 is 2.07 bits per heavy atom. The molecule has 2 atom stereocenters. The van der Waals surface area contributed by atoms with E-state index in [1.807, 2.05) is 30.3 Å². The number of rotatable bonds is 2. The maximum absolute atomic E-state index is 11.2. The summed E-state index contributed by atoms with van der Waals surface area (Å²) in [5, 5.41) is 9.18. The van der Waals surface area contributed by atoms with Gasteiger partial charge in [-0.3, -0.25) is 4.79 Å². The van der Waals surface area contributed by atoms with E-state index in [4.69, 9.17) is 5.73 Å². The highest BCUT2D eigenvalue weighted by Crippen LogP contribution is 2.41. The molecule has 1 aliphatic carbocycles. The predicted octanol–water partition coefficient (Wildman–Crippen LogP) is 1.74. The molecule has 3 nitrogen and oxygen atoms in total. The molecule has 3 heteroatoms. The third-order valence-corrected chi connectivity index (χ3v) is 3.31. The van der Waals surface area contributed by atoms with Gasteiger partial charge in [-0.15, -0.1) is 0 Å². The van der Waals surface area contributed by atoms with Gasteiger partial charge in [-0.25, -0.2) is 0 Å². The normalized spacial score (nSPS) is 30.3. The van der Waals surface area contributed by atoms with Gasteiger partial charge in [0.15, 0.2) is 0 Å². The van der Waals surface area contributed by atoms with E-state index in [0.717, 1.165) is 18.4 Å². The minimum atomic E-state index is -1.07. The summed E-state index contributed by atoms with van der Waals surface area (Å²) in [4.78, 5) is 11.2. The largest absolute Gasteiger partial charge is 0.480 e.